The van der Waals surface area contributed by atoms with Crippen LogP contribution in [0.3, 0.4) is 0 Å². The van der Waals surface area contributed by atoms with Gasteiger partial charge in [0, 0.05) is 35.5 Å². The van der Waals surface area contributed by atoms with Crippen molar-refractivity contribution in [3.63, 3.8) is 0 Å². The van der Waals surface area contributed by atoms with Crippen LogP contribution in [0.15, 0.2) is 91.9 Å². The van der Waals surface area contributed by atoms with Crippen LogP contribution < -0.4 is 5.32 Å². The predicted molar refractivity (Wildman–Crippen MR) is 125 cm³/mol. The fourth-order valence-electron chi connectivity index (χ4n) is 3.60. The summed E-state index contributed by atoms with van der Waals surface area (Å²) >= 11 is 0. The molecule has 0 aliphatic heterocycles. The van der Waals surface area contributed by atoms with Crippen LogP contribution in [-0.4, -0.2) is 20.2 Å². The molecule has 5 aromatic rings. The van der Waals surface area contributed by atoms with Crippen molar-refractivity contribution in [1.29, 1.82) is 0 Å². The number of pyridine rings is 2. The lowest BCUT2D eigenvalue weighted by Crippen LogP contribution is -2.00. The average molecular weight is 421 g/mol. The first-order valence-electron chi connectivity index (χ1n) is 10.2. The van der Waals surface area contributed by atoms with Crippen molar-refractivity contribution in [2.24, 2.45) is 0 Å². The summed E-state index contributed by atoms with van der Waals surface area (Å²) in [5.74, 6) is -0.238. The Balaban J connectivity index is 1.34. The highest BCUT2D eigenvalue weighted by atomic mass is 19.1. The molecule has 0 amide bonds. The molecule has 2 N–H and O–H groups in total. The Morgan fingerprint density at radius 1 is 0.969 bits per heavy atom. The maximum Gasteiger partial charge on any atom is 0.123 e. The molecule has 0 aliphatic carbocycles. The third-order valence-corrected chi connectivity index (χ3v) is 5.26. The number of aromatic nitrogens is 4. The summed E-state index contributed by atoms with van der Waals surface area (Å²) in [5, 5.41) is 11.8. The zero-order chi connectivity index (χ0) is 21.9. The SMILES string of the molecule is C=C(Nc1ccc(Cc2ccc(F)cc2)nc1)c1n[nH]c2ccc(-c3cccnc3)cc12. The topological polar surface area (TPSA) is 66.5 Å². The number of halogens is 1. The first kappa shape index (κ1) is 19.6. The van der Waals surface area contributed by atoms with E-state index in [0.717, 1.165) is 44.7 Å². The van der Waals surface area contributed by atoms with Crippen molar-refractivity contribution in [3.8, 4) is 11.1 Å². The molecule has 0 radical (unpaired) electrons. The van der Waals surface area contributed by atoms with Gasteiger partial charge in [0.15, 0.2) is 0 Å². The van der Waals surface area contributed by atoms with E-state index in [1.807, 2.05) is 42.6 Å². The number of aromatic amines is 1. The molecule has 5 nitrogen and oxygen atoms in total. The van der Waals surface area contributed by atoms with Crippen molar-refractivity contribution in [1.82, 2.24) is 20.2 Å². The lowest BCUT2D eigenvalue weighted by Gasteiger charge is -2.09. The van der Waals surface area contributed by atoms with E-state index in [4.69, 9.17) is 0 Å². The Labute approximate surface area is 184 Å². The van der Waals surface area contributed by atoms with Gasteiger partial charge in [-0.25, -0.2) is 4.39 Å². The third-order valence-electron chi connectivity index (χ3n) is 5.26. The zero-order valence-corrected chi connectivity index (χ0v) is 17.2. The van der Waals surface area contributed by atoms with Crippen LogP contribution in [0, 0.1) is 5.82 Å². The fourth-order valence-corrected chi connectivity index (χ4v) is 3.60. The molecule has 0 fully saturated rings. The Morgan fingerprint density at radius 2 is 1.84 bits per heavy atom. The highest BCUT2D eigenvalue weighted by Gasteiger charge is 2.11. The van der Waals surface area contributed by atoms with Crippen molar-refractivity contribution in [2.75, 3.05) is 5.32 Å². The van der Waals surface area contributed by atoms with Crippen molar-refractivity contribution >= 4 is 22.3 Å². The zero-order valence-electron chi connectivity index (χ0n) is 17.2. The Hall–Kier alpha value is -4.32. The summed E-state index contributed by atoms with van der Waals surface area (Å²) in [5.41, 5.74) is 7.19. The summed E-state index contributed by atoms with van der Waals surface area (Å²) in [7, 11) is 0. The molecular weight excluding hydrogens is 401 g/mol. The number of anilines is 1. The number of rotatable bonds is 6. The first-order chi connectivity index (χ1) is 15.7. The van der Waals surface area contributed by atoms with E-state index in [-0.39, 0.29) is 5.82 Å². The molecule has 3 aromatic heterocycles. The third kappa shape index (κ3) is 4.11. The van der Waals surface area contributed by atoms with Crippen molar-refractivity contribution in [2.45, 2.75) is 6.42 Å². The minimum absolute atomic E-state index is 0.238. The van der Waals surface area contributed by atoms with E-state index >= 15 is 0 Å². The van der Waals surface area contributed by atoms with Crippen LogP contribution in [0.1, 0.15) is 17.0 Å². The molecule has 0 saturated heterocycles. The van der Waals surface area contributed by atoms with E-state index in [1.54, 1.807) is 24.5 Å². The predicted octanol–water partition coefficient (Wildman–Crippen LogP) is 5.83. The van der Waals surface area contributed by atoms with Crippen molar-refractivity contribution in [3.05, 3.63) is 115 Å². The number of H-pyrrole nitrogens is 1. The molecule has 0 aliphatic rings. The van der Waals surface area contributed by atoms with Gasteiger partial charge in [-0.3, -0.25) is 15.1 Å². The molecule has 2 aromatic carbocycles. The van der Waals surface area contributed by atoms with Crippen LogP contribution in [-0.2, 0) is 6.42 Å². The molecule has 0 unspecified atom stereocenters. The van der Waals surface area contributed by atoms with Crippen LogP contribution in [0.25, 0.3) is 27.7 Å². The number of nitrogens with zero attached hydrogens (tertiary/aromatic N) is 3. The molecule has 5 rings (SSSR count). The Morgan fingerprint density at radius 3 is 2.59 bits per heavy atom. The standard InChI is InChI=1S/C26H20FN5/c1-17(30-23-10-9-22(29-16-23)13-18-4-7-21(27)8-5-18)26-24-14-19(6-11-25(24)31-32-26)20-3-2-12-28-15-20/h2-12,14-16,30H,1,13H2,(H,31,32). The van der Waals surface area contributed by atoms with E-state index < -0.39 is 0 Å². The van der Waals surface area contributed by atoms with Gasteiger partial charge >= 0.3 is 0 Å². The second-order valence-corrected chi connectivity index (χ2v) is 7.52. The van der Waals surface area contributed by atoms with Crippen LogP contribution in [0.4, 0.5) is 10.1 Å². The normalized spacial score (nSPS) is 10.9. The first-order valence-corrected chi connectivity index (χ1v) is 10.2. The molecule has 32 heavy (non-hydrogen) atoms. The van der Waals surface area contributed by atoms with Gasteiger partial charge in [0.2, 0.25) is 0 Å². The summed E-state index contributed by atoms with van der Waals surface area (Å²) in [6, 6.07) is 20.4. The molecule has 0 spiro atoms. The second-order valence-electron chi connectivity index (χ2n) is 7.52. The Kier molecular flexibility index (Phi) is 5.17. The quantitative estimate of drug-likeness (QED) is 0.362. The van der Waals surface area contributed by atoms with Crippen LogP contribution in [0.2, 0.25) is 0 Å². The van der Waals surface area contributed by atoms with Gasteiger partial charge in [0.25, 0.3) is 0 Å². The summed E-state index contributed by atoms with van der Waals surface area (Å²) < 4.78 is 13.1. The molecular formula is C26H20FN5. The van der Waals surface area contributed by atoms with E-state index in [9.17, 15) is 4.39 Å². The molecule has 3 heterocycles. The highest BCUT2D eigenvalue weighted by molar-refractivity contribution is 5.94. The van der Waals surface area contributed by atoms with E-state index in [2.05, 4.69) is 38.1 Å². The average Bonchev–Trinajstić information content (AvgIpc) is 3.26. The molecule has 0 saturated carbocycles. The van der Waals surface area contributed by atoms with Gasteiger partial charge in [-0.05, 0) is 53.6 Å². The number of fused-ring (bicyclic) bond motifs is 1. The monoisotopic (exact) mass is 421 g/mol. The number of nitrogens with one attached hydrogen (secondary N) is 2. The van der Waals surface area contributed by atoms with Gasteiger partial charge in [0.1, 0.15) is 11.5 Å². The summed E-state index contributed by atoms with van der Waals surface area (Å²) in [6.07, 6.45) is 6.01. The molecule has 156 valence electrons. The fraction of sp³-hybridized carbons (Fsp3) is 0.0385. The summed E-state index contributed by atoms with van der Waals surface area (Å²) in [6.45, 7) is 4.17. The lowest BCUT2D eigenvalue weighted by atomic mass is 10.0. The van der Waals surface area contributed by atoms with Crippen LogP contribution >= 0.6 is 0 Å². The van der Waals surface area contributed by atoms with Gasteiger partial charge in [-0.1, -0.05) is 30.8 Å². The largest absolute Gasteiger partial charge is 0.353 e. The van der Waals surface area contributed by atoms with Crippen molar-refractivity contribution < 1.29 is 4.39 Å². The number of hydrogen-bond donors (Lipinski definition) is 2. The van der Waals surface area contributed by atoms with Gasteiger partial charge in [0.05, 0.1) is 23.1 Å². The molecule has 6 heteroatoms. The van der Waals surface area contributed by atoms with Gasteiger partial charge in [-0.2, -0.15) is 5.10 Å². The molecule has 0 bridgehead atoms. The minimum atomic E-state index is -0.238. The van der Waals surface area contributed by atoms with E-state index in [0.29, 0.717) is 12.1 Å². The lowest BCUT2D eigenvalue weighted by molar-refractivity contribution is 0.627. The van der Waals surface area contributed by atoms with Gasteiger partial charge in [-0.15, -0.1) is 0 Å². The number of hydrogen-bond acceptors (Lipinski definition) is 4. The smallest absolute Gasteiger partial charge is 0.123 e. The minimum Gasteiger partial charge on any atom is -0.353 e. The maximum absolute atomic E-state index is 13.1. The Bertz CT molecular complexity index is 1370. The maximum atomic E-state index is 13.1. The highest BCUT2D eigenvalue weighted by Crippen LogP contribution is 2.28. The summed E-state index contributed by atoms with van der Waals surface area (Å²) in [4.78, 5) is 8.72. The van der Waals surface area contributed by atoms with Gasteiger partial charge < -0.3 is 5.32 Å². The number of benzene rings is 2. The van der Waals surface area contributed by atoms with E-state index in [1.165, 1.54) is 12.1 Å². The second kappa shape index (κ2) is 8.43. The molecule has 0 atom stereocenters. The van der Waals surface area contributed by atoms with Crippen LogP contribution in [0.5, 0.6) is 0 Å².